The average molecular weight is 252 g/mol. The number of fused-ring (bicyclic) bond motifs is 1. The third-order valence-electron chi connectivity index (χ3n) is 2.67. The molecule has 0 bridgehead atoms. The van der Waals surface area contributed by atoms with Crippen LogP contribution in [0.15, 0.2) is 17.2 Å². The van der Waals surface area contributed by atoms with Gasteiger partial charge in [-0.1, -0.05) is 6.92 Å². The largest absolute Gasteiger partial charge is 0.385 e. The summed E-state index contributed by atoms with van der Waals surface area (Å²) < 4.78 is 6.64. The molecule has 0 radical (unpaired) electrons. The number of rotatable bonds is 5. The minimum Gasteiger partial charge on any atom is -0.385 e. The van der Waals surface area contributed by atoms with Gasteiger partial charge in [-0.2, -0.15) is 0 Å². The lowest BCUT2D eigenvalue weighted by molar-refractivity contribution is 0.190. The van der Waals surface area contributed by atoms with Crippen molar-refractivity contribution in [3.63, 3.8) is 0 Å². The molecular weight excluding hydrogens is 236 g/mol. The van der Waals surface area contributed by atoms with E-state index in [-0.39, 0.29) is 5.56 Å². The number of ether oxygens (including phenoxy) is 1. The lowest BCUT2D eigenvalue weighted by Crippen LogP contribution is -2.20. The summed E-state index contributed by atoms with van der Waals surface area (Å²) in [7, 11) is 1.66. The van der Waals surface area contributed by atoms with Crippen molar-refractivity contribution in [1.29, 1.82) is 0 Å². The highest BCUT2D eigenvalue weighted by Gasteiger charge is 2.07. The molecule has 0 saturated heterocycles. The Kier molecular flexibility index (Phi) is 3.91. The lowest BCUT2D eigenvalue weighted by Gasteiger charge is -2.03. The first-order valence-corrected chi connectivity index (χ1v) is 6.54. The van der Waals surface area contributed by atoms with Gasteiger partial charge in [0.25, 0.3) is 5.56 Å². The molecular formula is C12H16N2O2S. The molecule has 0 atom stereocenters. The van der Waals surface area contributed by atoms with E-state index >= 15 is 0 Å². The summed E-state index contributed by atoms with van der Waals surface area (Å²) in [5.74, 6) is 0. The van der Waals surface area contributed by atoms with Crippen molar-refractivity contribution in [2.24, 2.45) is 0 Å². The van der Waals surface area contributed by atoms with E-state index < -0.39 is 0 Å². The number of hydrogen-bond donors (Lipinski definition) is 0. The van der Waals surface area contributed by atoms with E-state index in [2.05, 4.69) is 11.9 Å². The summed E-state index contributed by atoms with van der Waals surface area (Å²) in [6.07, 6.45) is 3.41. The fraction of sp³-hybridized carbons (Fsp3) is 0.500. The first-order chi connectivity index (χ1) is 8.26. The molecule has 0 aliphatic rings. The number of aromatic nitrogens is 2. The SMILES string of the molecule is CCc1cc2c(=O)n(CCCOC)cnc2s1. The standard InChI is InChI=1S/C12H16N2O2S/c1-3-9-7-10-11(17-9)13-8-14(12(10)15)5-4-6-16-2/h7-8H,3-6H2,1-2H3. The van der Waals surface area contributed by atoms with E-state index in [0.717, 1.165) is 23.1 Å². The Labute approximate surface area is 104 Å². The van der Waals surface area contributed by atoms with Crippen LogP contribution in [-0.2, 0) is 17.7 Å². The second-order valence-electron chi connectivity index (χ2n) is 3.87. The predicted octanol–water partition coefficient (Wildman–Crippen LogP) is 2.06. The second kappa shape index (κ2) is 5.42. The van der Waals surface area contributed by atoms with Crippen molar-refractivity contribution < 1.29 is 4.74 Å². The maximum Gasteiger partial charge on any atom is 0.262 e. The van der Waals surface area contributed by atoms with Gasteiger partial charge in [-0.15, -0.1) is 11.3 Å². The van der Waals surface area contributed by atoms with Crippen LogP contribution < -0.4 is 5.56 Å². The van der Waals surface area contributed by atoms with Crippen molar-refractivity contribution in [3.05, 3.63) is 27.6 Å². The minimum absolute atomic E-state index is 0.0575. The summed E-state index contributed by atoms with van der Waals surface area (Å²) in [5.41, 5.74) is 0.0575. The smallest absolute Gasteiger partial charge is 0.262 e. The van der Waals surface area contributed by atoms with Gasteiger partial charge >= 0.3 is 0 Å². The third-order valence-corrected chi connectivity index (χ3v) is 3.85. The van der Waals surface area contributed by atoms with E-state index in [9.17, 15) is 4.79 Å². The van der Waals surface area contributed by atoms with Gasteiger partial charge in [-0.3, -0.25) is 9.36 Å². The van der Waals surface area contributed by atoms with E-state index in [1.54, 1.807) is 29.3 Å². The van der Waals surface area contributed by atoms with Crippen molar-refractivity contribution in [3.8, 4) is 0 Å². The summed E-state index contributed by atoms with van der Waals surface area (Å²) in [5, 5.41) is 0.742. The highest BCUT2D eigenvalue weighted by Crippen LogP contribution is 2.20. The van der Waals surface area contributed by atoms with Gasteiger partial charge in [-0.25, -0.2) is 4.98 Å². The van der Waals surface area contributed by atoms with E-state index in [4.69, 9.17) is 4.74 Å². The van der Waals surface area contributed by atoms with E-state index in [1.807, 2.05) is 6.07 Å². The Morgan fingerprint density at radius 3 is 3.06 bits per heavy atom. The predicted molar refractivity (Wildman–Crippen MR) is 69.8 cm³/mol. The number of thiophene rings is 1. The van der Waals surface area contributed by atoms with Gasteiger partial charge in [0.1, 0.15) is 4.83 Å². The molecule has 0 aliphatic carbocycles. The molecule has 0 unspecified atom stereocenters. The van der Waals surface area contributed by atoms with Crippen LogP contribution in [0, 0.1) is 0 Å². The van der Waals surface area contributed by atoms with Gasteiger partial charge in [0.15, 0.2) is 0 Å². The molecule has 17 heavy (non-hydrogen) atoms. The molecule has 2 aromatic heterocycles. The summed E-state index contributed by atoms with van der Waals surface area (Å²) in [6.45, 7) is 3.41. The van der Waals surface area contributed by atoms with Gasteiger partial charge in [0.05, 0.1) is 11.7 Å². The zero-order valence-corrected chi connectivity index (χ0v) is 10.9. The number of nitrogens with zero attached hydrogens (tertiary/aromatic N) is 2. The molecule has 0 fully saturated rings. The fourth-order valence-corrected chi connectivity index (χ4v) is 2.65. The van der Waals surface area contributed by atoms with E-state index in [0.29, 0.717) is 13.2 Å². The topological polar surface area (TPSA) is 44.1 Å². The van der Waals surface area contributed by atoms with Crippen molar-refractivity contribution in [1.82, 2.24) is 9.55 Å². The number of hydrogen-bond acceptors (Lipinski definition) is 4. The maximum absolute atomic E-state index is 12.1. The highest BCUT2D eigenvalue weighted by atomic mass is 32.1. The molecule has 0 saturated carbocycles. The molecule has 2 heterocycles. The summed E-state index contributed by atoms with van der Waals surface area (Å²) in [4.78, 5) is 18.5. The van der Waals surface area contributed by atoms with Gasteiger partial charge in [-0.05, 0) is 18.9 Å². The quantitative estimate of drug-likeness (QED) is 0.765. The number of methoxy groups -OCH3 is 1. The first-order valence-electron chi connectivity index (χ1n) is 5.73. The molecule has 0 aliphatic heterocycles. The molecule has 0 aromatic carbocycles. The Bertz CT molecular complexity index is 559. The molecule has 0 spiro atoms. The highest BCUT2D eigenvalue weighted by molar-refractivity contribution is 7.18. The van der Waals surface area contributed by atoms with Crippen LogP contribution >= 0.6 is 11.3 Å². The Balaban J connectivity index is 2.32. The van der Waals surface area contributed by atoms with Crippen LogP contribution in [0.3, 0.4) is 0 Å². The van der Waals surface area contributed by atoms with Crippen LogP contribution in [0.5, 0.6) is 0 Å². The molecule has 4 nitrogen and oxygen atoms in total. The monoisotopic (exact) mass is 252 g/mol. The molecule has 0 N–H and O–H groups in total. The molecule has 92 valence electrons. The van der Waals surface area contributed by atoms with Crippen LogP contribution in [-0.4, -0.2) is 23.3 Å². The van der Waals surface area contributed by atoms with Crippen LogP contribution in [0.1, 0.15) is 18.2 Å². The lowest BCUT2D eigenvalue weighted by atomic mass is 10.3. The first kappa shape index (κ1) is 12.3. The zero-order valence-electron chi connectivity index (χ0n) is 10.1. The summed E-state index contributed by atoms with van der Waals surface area (Å²) in [6, 6.07) is 1.96. The molecule has 2 aromatic rings. The van der Waals surface area contributed by atoms with Crippen LogP contribution in [0.25, 0.3) is 10.2 Å². The third kappa shape index (κ3) is 2.56. The average Bonchev–Trinajstić information content (AvgIpc) is 2.76. The van der Waals surface area contributed by atoms with Gasteiger partial charge in [0.2, 0.25) is 0 Å². The second-order valence-corrected chi connectivity index (χ2v) is 4.99. The van der Waals surface area contributed by atoms with Gasteiger partial charge in [0, 0.05) is 25.1 Å². The fourth-order valence-electron chi connectivity index (χ4n) is 1.72. The normalized spacial score (nSPS) is 11.2. The Hall–Kier alpha value is -1.20. The van der Waals surface area contributed by atoms with Gasteiger partial charge < -0.3 is 4.74 Å². The van der Waals surface area contributed by atoms with Crippen molar-refractivity contribution >= 4 is 21.6 Å². The van der Waals surface area contributed by atoms with Crippen LogP contribution in [0.2, 0.25) is 0 Å². The van der Waals surface area contributed by atoms with Crippen LogP contribution in [0.4, 0.5) is 0 Å². The van der Waals surface area contributed by atoms with Crippen molar-refractivity contribution in [2.75, 3.05) is 13.7 Å². The Morgan fingerprint density at radius 2 is 2.35 bits per heavy atom. The Morgan fingerprint density at radius 1 is 1.53 bits per heavy atom. The zero-order chi connectivity index (χ0) is 12.3. The summed E-state index contributed by atoms with van der Waals surface area (Å²) >= 11 is 1.60. The van der Waals surface area contributed by atoms with E-state index in [1.165, 1.54) is 4.88 Å². The molecule has 5 heteroatoms. The minimum atomic E-state index is 0.0575. The molecule has 0 amide bonds. The number of aryl methyl sites for hydroxylation is 2. The maximum atomic E-state index is 12.1. The van der Waals surface area contributed by atoms with Crippen molar-refractivity contribution in [2.45, 2.75) is 26.3 Å². The molecule has 2 rings (SSSR count).